The van der Waals surface area contributed by atoms with Crippen LogP contribution in [0.1, 0.15) is 206 Å². The normalized spacial score (nSPS) is 14.1. The molecule has 0 saturated heterocycles. The van der Waals surface area contributed by atoms with Gasteiger partial charge in [-0.1, -0.05) is 186 Å². The van der Waals surface area contributed by atoms with E-state index in [-0.39, 0.29) is 6.42 Å². The highest BCUT2D eigenvalue weighted by molar-refractivity contribution is 7.85. The maximum atomic E-state index is 12.6. The van der Waals surface area contributed by atoms with Crippen molar-refractivity contribution in [3.63, 3.8) is 0 Å². The Bertz CT molecular complexity index is 890. The van der Waals surface area contributed by atoms with Crippen LogP contribution in [0, 0.1) is 0 Å². The smallest absolute Gasteiger partial charge is 0.267 e. The number of carbonyl (C=O) groups excluding carboxylic acids is 1. The second-order valence-electron chi connectivity index (χ2n) is 14.4. The molecule has 290 valence electrons. The van der Waals surface area contributed by atoms with Crippen LogP contribution < -0.4 is 5.32 Å². The topological polar surface area (TPSA) is 124 Å². The van der Waals surface area contributed by atoms with E-state index >= 15 is 0 Å². The third-order valence-corrected chi connectivity index (χ3v) is 10.3. The molecule has 3 unspecified atom stereocenters. The van der Waals surface area contributed by atoms with E-state index in [0.29, 0.717) is 6.42 Å². The maximum absolute atomic E-state index is 12.6. The lowest BCUT2D eigenvalue weighted by molar-refractivity contribution is -0.130. The number of allylic oxidation sites excluding steroid dienone is 3. The van der Waals surface area contributed by atoms with Crippen molar-refractivity contribution in [1.29, 1.82) is 0 Å². The van der Waals surface area contributed by atoms with Crippen molar-refractivity contribution < 1.29 is 28.0 Å². The molecule has 0 aromatic rings. The van der Waals surface area contributed by atoms with Gasteiger partial charge in [-0.05, 0) is 44.9 Å². The van der Waals surface area contributed by atoms with Gasteiger partial charge in [-0.2, -0.15) is 8.42 Å². The molecule has 0 spiro atoms. The second-order valence-corrected chi connectivity index (χ2v) is 15.9. The number of unbranched alkanes of at least 4 members (excludes halogenated alkanes) is 26. The van der Waals surface area contributed by atoms with Gasteiger partial charge in [0.25, 0.3) is 10.1 Å². The van der Waals surface area contributed by atoms with Gasteiger partial charge in [0.1, 0.15) is 6.10 Å². The third-order valence-electron chi connectivity index (χ3n) is 9.48. The zero-order valence-corrected chi connectivity index (χ0v) is 32.8. The summed E-state index contributed by atoms with van der Waals surface area (Å²) < 4.78 is 32.5. The molecule has 8 heteroatoms. The molecule has 7 nitrogen and oxygen atoms in total. The Morgan fingerprint density at radius 3 is 1.29 bits per heavy atom. The molecule has 0 bridgehead atoms. The van der Waals surface area contributed by atoms with Gasteiger partial charge in [-0.25, -0.2) is 0 Å². The standard InChI is InChI=1S/C41H79NO6S/c1-3-5-7-9-11-13-15-17-18-19-20-21-22-24-26-28-30-32-34-36-40(44)41(45)42-38(37-49(46,47)48)39(43)35-33-31-29-27-25-23-16-14-12-10-8-6-4-2/h20-21,33,35,38-40,43-44H,3-19,22-32,34,36-37H2,1-2H3,(H,42,45)(H,46,47,48)/b21-20-,35-33+. The van der Waals surface area contributed by atoms with Crippen LogP contribution in [0.4, 0.5) is 0 Å². The number of hydrogen-bond donors (Lipinski definition) is 4. The molecule has 0 aliphatic heterocycles. The lowest BCUT2D eigenvalue weighted by Gasteiger charge is -2.22. The summed E-state index contributed by atoms with van der Waals surface area (Å²) in [5.74, 6) is -1.54. The number of aliphatic hydroxyl groups is 2. The Kier molecular flexibility index (Phi) is 34.3. The minimum atomic E-state index is -4.44. The van der Waals surface area contributed by atoms with Gasteiger partial charge in [-0.3, -0.25) is 9.35 Å². The summed E-state index contributed by atoms with van der Waals surface area (Å²) in [7, 11) is -4.44. The summed E-state index contributed by atoms with van der Waals surface area (Å²) in [4.78, 5) is 12.6. The molecule has 0 aliphatic rings. The summed E-state index contributed by atoms with van der Waals surface area (Å²) in [6.07, 6.45) is 40.9. The fraction of sp³-hybridized carbons (Fsp3) is 0.878. The maximum Gasteiger partial charge on any atom is 0.267 e. The average Bonchev–Trinajstić information content (AvgIpc) is 3.06. The average molecular weight is 714 g/mol. The Hall–Kier alpha value is -1.22. The van der Waals surface area contributed by atoms with Crippen molar-refractivity contribution in [2.75, 3.05) is 5.75 Å². The van der Waals surface area contributed by atoms with Crippen LogP contribution in [-0.4, -0.2) is 53.1 Å². The van der Waals surface area contributed by atoms with E-state index < -0.39 is 40.0 Å². The largest absolute Gasteiger partial charge is 0.387 e. The SMILES string of the molecule is CCCCCCCCCCC/C=C\CCCCCCCCC(O)C(=O)NC(CS(=O)(=O)O)C(O)/C=C/CCCCCCCCCCCCC. The summed E-state index contributed by atoms with van der Waals surface area (Å²) in [6, 6.07) is -1.23. The Balaban J connectivity index is 4.02. The minimum Gasteiger partial charge on any atom is -0.387 e. The van der Waals surface area contributed by atoms with E-state index in [4.69, 9.17) is 0 Å². The molecule has 3 atom stereocenters. The van der Waals surface area contributed by atoms with Crippen molar-refractivity contribution in [2.24, 2.45) is 0 Å². The Labute approximate surface area is 303 Å². The van der Waals surface area contributed by atoms with E-state index in [0.717, 1.165) is 44.9 Å². The van der Waals surface area contributed by atoms with Crippen LogP contribution in [0.5, 0.6) is 0 Å². The van der Waals surface area contributed by atoms with Crippen molar-refractivity contribution in [1.82, 2.24) is 5.32 Å². The predicted octanol–water partition coefficient (Wildman–Crippen LogP) is 10.9. The lowest BCUT2D eigenvalue weighted by Crippen LogP contribution is -2.50. The van der Waals surface area contributed by atoms with Gasteiger partial charge in [0.2, 0.25) is 5.91 Å². The van der Waals surface area contributed by atoms with Gasteiger partial charge in [0.15, 0.2) is 0 Å². The first kappa shape index (κ1) is 47.8. The summed E-state index contributed by atoms with van der Waals surface area (Å²) >= 11 is 0. The molecule has 0 radical (unpaired) electrons. The van der Waals surface area contributed by atoms with Crippen molar-refractivity contribution in [3.8, 4) is 0 Å². The van der Waals surface area contributed by atoms with Crippen LogP contribution in [-0.2, 0) is 14.9 Å². The first-order valence-corrected chi connectivity index (χ1v) is 22.3. The van der Waals surface area contributed by atoms with E-state index in [1.54, 1.807) is 6.08 Å². The lowest BCUT2D eigenvalue weighted by atomic mass is 10.0. The zero-order valence-electron chi connectivity index (χ0n) is 31.9. The molecule has 0 saturated carbocycles. The van der Waals surface area contributed by atoms with Crippen LogP contribution >= 0.6 is 0 Å². The van der Waals surface area contributed by atoms with Gasteiger partial charge in [0.05, 0.1) is 17.9 Å². The predicted molar refractivity (Wildman–Crippen MR) is 208 cm³/mol. The molecule has 0 rings (SSSR count). The van der Waals surface area contributed by atoms with Gasteiger partial charge >= 0.3 is 0 Å². The summed E-state index contributed by atoms with van der Waals surface area (Å²) in [5.41, 5.74) is 0. The van der Waals surface area contributed by atoms with E-state index in [9.17, 15) is 28.0 Å². The van der Waals surface area contributed by atoms with E-state index in [1.807, 2.05) is 0 Å². The van der Waals surface area contributed by atoms with Gasteiger partial charge in [-0.15, -0.1) is 0 Å². The molecule has 0 aliphatic carbocycles. The van der Waals surface area contributed by atoms with E-state index in [1.165, 1.54) is 141 Å². The van der Waals surface area contributed by atoms with Gasteiger partial charge in [0, 0.05) is 0 Å². The number of amides is 1. The molecule has 0 heterocycles. The van der Waals surface area contributed by atoms with Crippen LogP contribution in [0.2, 0.25) is 0 Å². The number of carbonyl (C=O) groups is 1. The van der Waals surface area contributed by atoms with Crippen LogP contribution in [0.3, 0.4) is 0 Å². The van der Waals surface area contributed by atoms with Crippen molar-refractivity contribution >= 4 is 16.0 Å². The van der Waals surface area contributed by atoms with Crippen LogP contribution in [0.25, 0.3) is 0 Å². The van der Waals surface area contributed by atoms with Gasteiger partial charge < -0.3 is 15.5 Å². The summed E-state index contributed by atoms with van der Waals surface area (Å²) in [6.45, 7) is 4.50. The minimum absolute atomic E-state index is 0.275. The Morgan fingerprint density at radius 2 is 0.898 bits per heavy atom. The first-order valence-electron chi connectivity index (χ1n) is 20.6. The number of aliphatic hydroxyl groups excluding tert-OH is 2. The monoisotopic (exact) mass is 714 g/mol. The highest BCUT2D eigenvalue weighted by Crippen LogP contribution is 2.14. The number of rotatable bonds is 37. The molecule has 0 aromatic carbocycles. The highest BCUT2D eigenvalue weighted by atomic mass is 32.2. The number of hydrogen-bond acceptors (Lipinski definition) is 5. The van der Waals surface area contributed by atoms with Crippen molar-refractivity contribution in [3.05, 3.63) is 24.3 Å². The first-order chi connectivity index (χ1) is 23.7. The molecule has 0 aromatic heterocycles. The fourth-order valence-electron chi connectivity index (χ4n) is 6.27. The molecule has 0 fully saturated rings. The fourth-order valence-corrected chi connectivity index (χ4v) is 7.01. The zero-order chi connectivity index (χ0) is 36.3. The molecule has 4 N–H and O–H groups in total. The quantitative estimate of drug-likeness (QED) is 0.0289. The third kappa shape index (κ3) is 35.0. The Morgan fingerprint density at radius 1 is 0.551 bits per heavy atom. The molecule has 49 heavy (non-hydrogen) atoms. The highest BCUT2D eigenvalue weighted by Gasteiger charge is 2.27. The molecular weight excluding hydrogens is 635 g/mol. The summed E-state index contributed by atoms with van der Waals surface area (Å²) in [5, 5.41) is 23.4. The van der Waals surface area contributed by atoms with E-state index in [2.05, 4.69) is 31.3 Å². The second kappa shape index (κ2) is 35.2. The van der Waals surface area contributed by atoms with Crippen molar-refractivity contribution in [2.45, 2.75) is 225 Å². The molecule has 1 amide bonds. The number of nitrogens with one attached hydrogen (secondary N) is 1. The van der Waals surface area contributed by atoms with Crippen LogP contribution in [0.15, 0.2) is 24.3 Å². The molecular formula is C41H79NO6S.